The van der Waals surface area contributed by atoms with E-state index in [-0.39, 0.29) is 0 Å². The second kappa shape index (κ2) is 7.80. The minimum absolute atomic E-state index is 0.297. The molecule has 24 heavy (non-hydrogen) atoms. The molecule has 0 heterocycles. The Labute approximate surface area is 143 Å². The van der Waals surface area contributed by atoms with Gasteiger partial charge in [0.15, 0.2) is 0 Å². The van der Waals surface area contributed by atoms with Crippen molar-refractivity contribution in [1.29, 1.82) is 0 Å². The van der Waals surface area contributed by atoms with E-state index in [0.717, 1.165) is 17.9 Å². The van der Waals surface area contributed by atoms with E-state index >= 15 is 0 Å². The standard InChI is InChI=1S/C22H23NO/c1-17(21-14-6-11-19-10-3-4-13-22(19)21)23-15-7-9-18-8-5-12-20(16-18)24-2/h3-14,16-17,23H,15H2,1-2H3/b9-7+/t17-/m1/s1. The molecular weight excluding hydrogens is 294 g/mol. The molecule has 2 nitrogen and oxygen atoms in total. The number of fused-ring (bicyclic) bond motifs is 1. The average molecular weight is 317 g/mol. The van der Waals surface area contributed by atoms with Gasteiger partial charge in [0.25, 0.3) is 0 Å². The Balaban J connectivity index is 1.64. The van der Waals surface area contributed by atoms with Gasteiger partial charge in [0.05, 0.1) is 7.11 Å². The van der Waals surface area contributed by atoms with E-state index in [0.29, 0.717) is 6.04 Å². The summed E-state index contributed by atoms with van der Waals surface area (Å²) in [7, 11) is 1.69. The first-order chi connectivity index (χ1) is 11.8. The van der Waals surface area contributed by atoms with E-state index in [9.17, 15) is 0 Å². The van der Waals surface area contributed by atoms with Crippen molar-refractivity contribution < 1.29 is 4.74 Å². The maximum absolute atomic E-state index is 5.25. The number of methoxy groups -OCH3 is 1. The SMILES string of the molecule is COc1cccc(/C=C/CN[C@H](C)c2cccc3ccccc23)c1. The first kappa shape index (κ1) is 16.3. The van der Waals surface area contributed by atoms with E-state index in [1.165, 1.54) is 16.3 Å². The van der Waals surface area contributed by atoms with Crippen molar-refractivity contribution in [1.82, 2.24) is 5.32 Å². The Morgan fingerprint density at radius 1 is 1.00 bits per heavy atom. The highest BCUT2D eigenvalue weighted by Gasteiger charge is 2.07. The highest BCUT2D eigenvalue weighted by Crippen LogP contribution is 2.23. The number of rotatable bonds is 6. The Hall–Kier alpha value is -2.58. The number of hydrogen-bond acceptors (Lipinski definition) is 2. The highest BCUT2D eigenvalue weighted by molar-refractivity contribution is 5.86. The van der Waals surface area contributed by atoms with Crippen molar-refractivity contribution in [3.63, 3.8) is 0 Å². The summed E-state index contributed by atoms with van der Waals surface area (Å²) in [6, 6.07) is 23.4. The number of ether oxygens (including phenoxy) is 1. The van der Waals surface area contributed by atoms with Gasteiger partial charge in [-0.3, -0.25) is 0 Å². The van der Waals surface area contributed by atoms with Crippen LogP contribution >= 0.6 is 0 Å². The van der Waals surface area contributed by atoms with E-state index in [1.54, 1.807) is 7.11 Å². The normalized spacial score (nSPS) is 12.6. The molecule has 3 aromatic rings. The van der Waals surface area contributed by atoms with Crippen LogP contribution in [-0.4, -0.2) is 13.7 Å². The van der Waals surface area contributed by atoms with Crippen LogP contribution < -0.4 is 10.1 Å². The Morgan fingerprint density at radius 3 is 2.67 bits per heavy atom. The first-order valence-electron chi connectivity index (χ1n) is 8.29. The summed E-state index contributed by atoms with van der Waals surface area (Å²) in [6.45, 7) is 3.03. The number of nitrogens with one attached hydrogen (secondary N) is 1. The second-order valence-electron chi connectivity index (χ2n) is 5.88. The summed E-state index contributed by atoms with van der Waals surface area (Å²) in [6.07, 6.45) is 4.27. The summed E-state index contributed by atoms with van der Waals surface area (Å²) in [5, 5.41) is 6.18. The molecule has 0 bridgehead atoms. The lowest BCUT2D eigenvalue weighted by molar-refractivity contribution is 0.414. The highest BCUT2D eigenvalue weighted by atomic mass is 16.5. The lowest BCUT2D eigenvalue weighted by Crippen LogP contribution is -2.18. The van der Waals surface area contributed by atoms with Crippen LogP contribution in [-0.2, 0) is 0 Å². The molecule has 0 aromatic heterocycles. The van der Waals surface area contributed by atoms with Crippen LogP contribution in [0.4, 0.5) is 0 Å². The minimum atomic E-state index is 0.297. The van der Waals surface area contributed by atoms with Gasteiger partial charge in [0.2, 0.25) is 0 Å². The van der Waals surface area contributed by atoms with Gasteiger partial charge in [-0.2, -0.15) is 0 Å². The molecule has 3 rings (SSSR count). The molecule has 1 atom stereocenters. The Kier molecular flexibility index (Phi) is 5.29. The molecule has 0 amide bonds. The fourth-order valence-electron chi connectivity index (χ4n) is 2.92. The fraction of sp³-hybridized carbons (Fsp3) is 0.182. The van der Waals surface area contributed by atoms with Crippen molar-refractivity contribution in [3.8, 4) is 5.75 Å². The molecule has 122 valence electrons. The van der Waals surface area contributed by atoms with Crippen LogP contribution in [0.5, 0.6) is 5.75 Å². The van der Waals surface area contributed by atoms with Crippen molar-refractivity contribution in [2.75, 3.05) is 13.7 Å². The van der Waals surface area contributed by atoms with Gasteiger partial charge >= 0.3 is 0 Å². The molecule has 2 heteroatoms. The molecule has 1 N–H and O–H groups in total. The third-order valence-corrected chi connectivity index (χ3v) is 4.24. The summed E-state index contributed by atoms with van der Waals surface area (Å²) < 4.78 is 5.25. The van der Waals surface area contributed by atoms with E-state index in [1.807, 2.05) is 18.2 Å². The molecule has 0 aliphatic carbocycles. The van der Waals surface area contributed by atoms with Crippen LogP contribution in [0.25, 0.3) is 16.8 Å². The Bertz CT molecular complexity index is 833. The minimum Gasteiger partial charge on any atom is -0.497 e. The zero-order valence-electron chi connectivity index (χ0n) is 14.2. The van der Waals surface area contributed by atoms with Gasteiger partial charge in [-0.1, -0.05) is 66.7 Å². The molecular formula is C22H23NO. The monoisotopic (exact) mass is 317 g/mol. The zero-order chi connectivity index (χ0) is 16.8. The maximum atomic E-state index is 5.25. The topological polar surface area (TPSA) is 21.3 Å². The maximum Gasteiger partial charge on any atom is 0.119 e. The third-order valence-electron chi connectivity index (χ3n) is 4.24. The van der Waals surface area contributed by atoms with Crippen molar-refractivity contribution in [2.24, 2.45) is 0 Å². The van der Waals surface area contributed by atoms with Gasteiger partial charge < -0.3 is 10.1 Å². The van der Waals surface area contributed by atoms with Crippen LogP contribution in [0.15, 0.2) is 72.8 Å². The van der Waals surface area contributed by atoms with Gasteiger partial charge in [0.1, 0.15) is 5.75 Å². The van der Waals surface area contributed by atoms with Crippen LogP contribution in [0, 0.1) is 0 Å². The third kappa shape index (κ3) is 3.84. The lowest BCUT2D eigenvalue weighted by atomic mass is 10.00. The fourth-order valence-corrected chi connectivity index (χ4v) is 2.92. The van der Waals surface area contributed by atoms with Gasteiger partial charge in [0, 0.05) is 12.6 Å². The molecule has 0 radical (unpaired) electrons. The predicted molar refractivity (Wildman–Crippen MR) is 102 cm³/mol. The van der Waals surface area contributed by atoms with Gasteiger partial charge in [-0.05, 0) is 41.0 Å². The lowest BCUT2D eigenvalue weighted by Gasteiger charge is -2.15. The molecule has 0 saturated carbocycles. The number of hydrogen-bond donors (Lipinski definition) is 1. The molecule has 0 aliphatic rings. The molecule has 0 unspecified atom stereocenters. The van der Waals surface area contributed by atoms with Gasteiger partial charge in [-0.15, -0.1) is 0 Å². The molecule has 0 aliphatic heterocycles. The van der Waals surface area contributed by atoms with Crippen LogP contribution in [0.1, 0.15) is 24.1 Å². The quantitative estimate of drug-likeness (QED) is 0.673. The van der Waals surface area contributed by atoms with Crippen LogP contribution in [0.2, 0.25) is 0 Å². The van der Waals surface area contributed by atoms with E-state index in [4.69, 9.17) is 4.74 Å². The van der Waals surface area contributed by atoms with Crippen molar-refractivity contribution in [2.45, 2.75) is 13.0 Å². The predicted octanol–water partition coefficient (Wildman–Crippen LogP) is 5.21. The van der Waals surface area contributed by atoms with Gasteiger partial charge in [-0.25, -0.2) is 0 Å². The first-order valence-corrected chi connectivity index (χ1v) is 8.29. The largest absolute Gasteiger partial charge is 0.497 e. The summed E-state index contributed by atoms with van der Waals surface area (Å²) in [5.41, 5.74) is 2.48. The van der Waals surface area contributed by atoms with Crippen molar-refractivity contribution in [3.05, 3.63) is 83.9 Å². The summed E-state index contributed by atoms with van der Waals surface area (Å²) in [4.78, 5) is 0. The Morgan fingerprint density at radius 2 is 1.79 bits per heavy atom. The molecule has 0 spiro atoms. The van der Waals surface area contributed by atoms with E-state index in [2.05, 4.69) is 72.9 Å². The average Bonchev–Trinajstić information content (AvgIpc) is 2.64. The second-order valence-corrected chi connectivity index (χ2v) is 5.88. The molecule has 0 fully saturated rings. The molecule has 0 saturated heterocycles. The van der Waals surface area contributed by atoms with Crippen LogP contribution in [0.3, 0.4) is 0 Å². The zero-order valence-corrected chi connectivity index (χ0v) is 14.2. The van der Waals surface area contributed by atoms with E-state index < -0.39 is 0 Å². The summed E-state index contributed by atoms with van der Waals surface area (Å²) >= 11 is 0. The summed E-state index contributed by atoms with van der Waals surface area (Å²) in [5.74, 6) is 0.884. The molecule has 3 aromatic carbocycles. The van der Waals surface area contributed by atoms with Crippen molar-refractivity contribution >= 4 is 16.8 Å². The smallest absolute Gasteiger partial charge is 0.119 e. The number of benzene rings is 3.